The number of likely N-dealkylation sites (N-methyl/N-ethyl adjacent to an activating group) is 1. The molecule has 0 heterocycles. The highest BCUT2D eigenvalue weighted by atomic mass is 35.5. The third-order valence-electron chi connectivity index (χ3n) is 3.67. The van der Waals surface area contributed by atoms with E-state index < -0.39 is 0 Å². The molecule has 0 aromatic heterocycles. The lowest BCUT2D eigenvalue weighted by atomic mass is 9.92. The van der Waals surface area contributed by atoms with Gasteiger partial charge in [0.1, 0.15) is 0 Å². The van der Waals surface area contributed by atoms with Crippen LogP contribution in [0, 0.1) is 13.8 Å². The van der Waals surface area contributed by atoms with E-state index in [1.54, 1.807) is 0 Å². The van der Waals surface area contributed by atoms with Gasteiger partial charge in [0.15, 0.2) is 0 Å². The highest BCUT2D eigenvalue weighted by molar-refractivity contribution is 6.33. The number of hydrogen-bond acceptors (Lipinski definition) is 1. The highest BCUT2D eigenvalue weighted by Crippen LogP contribution is 2.29. The van der Waals surface area contributed by atoms with Gasteiger partial charge in [0.25, 0.3) is 0 Å². The maximum absolute atomic E-state index is 6.28. The molecule has 0 saturated carbocycles. The van der Waals surface area contributed by atoms with Crippen LogP contribution in [-0.2, 0) is 6.42 Å². The monoisotopic (exact) mass is 307 g/mol. The first-order valence-corrected chi connectivity index (χ1v) is 7.46. The zero-order chi connectivity index (χ0) is 14.7. The normalized spacial score (nSPS) is 12.4. The third-order valence-corrected chi connectivity index (χ3v) is 4.27. The summed E-state index contributed by atoms with van der Waals surface area (Å²) in [7, 11) is 1.98. The minimum Gasteiger partial charge on any atom is -0.313 e. The minimum absolute atomic E-state index is 0.229. The van der Waals surface area contributed by atoms with Crippen molar-refractivity contribution in [3.8, 4) is 0 Å². The topological polar surface area (TPSA) is 12.0 Å². The molecule has 3 heteroatoms. The molecule has 0 aliphatic heterocycles. The molecule has 0 aliphatic rings. The molecular weight excluding hydrogens is 289 g/mol. The molecule has 0 radical (unpaired) electrons. The van der Waals surface area contributed by atoms with Gasteiger partial charge < -0.3 is 5.32 Å². The van der Waals surface area contributed by atoms with E-state index in [1.165, 1.54) is 16.7 Å². The Morgan fingerprint density at radius 2 is 1.70 bits per heavy atom. The summed E-state index contributed by atoms with van der Waals surface area (Å²) in [5, 5.41) is 4.88. The molecule has 0 bridgehead atoms. The van der Waals surface area contributed by atoms with Crippen molar-refractivity contribution >= 4 is 23.2 Å². The number of hydrogen-bond donors (Lipinski definition) is 1. The predicted molar refractivity (Wildman–Crippen MR) is 87.9 cm³/mol. The molecule has 0 fully saturated rings. The Bertz CT molecular complexity index is 588. The molecule has 1 atom stereocenters. The van der Waals surface area contributed by atoms with Crippen LogP contribution in [0.15, 0.2) is 36.4 Å². The Morgan fingerprint density at radius 3 is 2.30 bits per heavy atom. The Kier molecular flexibility index (Phi) is 5.09. The first kappa shape index (κ1) is 15.4. The number of nitrogens with one attached hydrogen (secondary N) is 1. The van der Waals surface area contributed by atoms with Crippen molar-refractivity contribution in [2.75, 3.05) is 7.05 Å². The van der Waals surface area contributed by atoms with Crippen molar-refractivity contribution in [3.63, 3.8) is 0 Å². The summed E-state index contributed by atoms with van der Waals surface area (Å²) in [6.45, 7) is 4.29. The van der Waals surface area contributed by atoms with Gasteiger partial charge in [-0.15, -0.1) is 0 Å². The molecule has 2 rings (SSSR count). The van der Waals surface area contributed by atoms with E-state index in [0.717, 1.165) is 22.0 Å². The molecule has 1 nitrogen and oxygen atoms in total. The van der Waals surface area contributed by atoms with Gasteiger partial charge in [-0.05, 0) is 67.8 Å². The van der Waals surface area contributed by atoms with Crippen molar-refractivity contribution in [3.05, 3.63) is 68.7 Å². The zero-order valence-corrected chi connectivity index (χ0v) is 13.5. The summed E-state index contributed by atoms with van der Waals surface area (Å²) < 4.78 is 0. The SMILES string of the molecule is CNC(Cc1cc(Cl)ccc1Cl)c1c(C)cccc1C. The Labute approximate surface area is 130 Å². The fourth-order valence-electron chi connectivity index (χ4n) is 2.65. The van der Waals surface area contributed by atoms with Gasteiger partial charge in [0, 0.05) is 16.1 Å². The van der Waals surface area contributed by atoms with E-state index in [9.17, 15) is 0 Å². The van der Waals surface area contributed by atoms with Gasteiger partial charge in [-0.2, -0.15) is 0 Å². The van der Waals surface area contributed by atoms with Crippen LogP contribution in [0.25, 0.3) is 0 Å². The van der Waals surface area contributed by atoms with Crippen LogP contribution in [-0.4, -0.2) is 7.05 Å². The lowest BCUT2D eigenvalue weighted by Crippen LogP contribution is -2.21. The van der Waals surface area contributed by atoms with Gasteiger partial charge >= 0.3 is 0 Å². The van der Waals surface area contributed by atoms with E-state index in [2.05, 4.69) is 37.4 Å². The number of halogens is 2. The second-order valence-electron chi connectivity index (χ2n) is 5.09. The molecular formula is C17H19Cl2N. The molecule has 20 heavy (non-hydrogen) atoms. The van der Waals surface area contributed by atoms with Crippen LogP contribution in [0.5, 0.6) is 0 Å². The van der Waals surface area contributed by atoms with Gasteiger partial charge in [-0.1, -0.05) is 41.4 Å². The highest BCUT2D eigenvalue weighted by Gasteiger charge is 2.16. The summed E-state index contributed by atoms with van der Waals surface area (Å²) in [6, 6.07) is 12.2. The Hall–Kier alpha value is -1.02. The molecule has 0 spiro atoms. The lowest BCUT2D eigenvalue weighted by Gasteiger charge is -2.22. The first-order valence-electron chi connectivity index (χ1n) is 6.70. The van der Waals surface area contributed by atoms with Crippen LogP contribution in [0.3, 0.4) is 0 Å². The van der Waals surface area contributed by atoms with E-state index in [1.807, 2.05) is 25.2 Å². The standard InChI is InChI=1S/C17H19Cl2N/c1-11-5-4-6-12(2)17(11)16(20-3)10-13-9-14(18)7-8-15(13)19/h4-9,16,20H,10H2,1-3H3. The van der Waals surface area contributed by atoms with Crippen LogP contribution in [0.1, 0.15) is 28.3 Å². The van der Waals surface area contributed by atoms with Crippen LogP contribution in [0.4, 0.5) is 0 Å². The minimum atomic E-state index is 0.229. The van der Waals surface area contributed by atoms with Gasteiger partial charge in [0.05, 0.1) is 0 Å². The van der Waals surface area contributed by atoms with Crippen LogP contribution >= 0.6 is 23.2 Å². The molecule has 1 N–H and O–H groups in total. The summed E-state index contributed by atoms with van der Waals surface area (Å²) in [4.78, 5) is 0. The van der Waals surface area contributed by atoms with Crippen molar-refractivity contribution in [2.24, 2.45) is 0 Å². The molecule has 0 amide bonds. The lowest BCUT2D eigenvalue weighted by molar-refractivity contribution is 0.586. The molecule has 2 aromatic rings. The average Bonchev–Trinajstić information content (AvgIpc) is 2.41. The van der Waals surface area contributed by atoms with E-state index in [-0.39, 0.29) is 6.04 Å². The van der Waals surface area contributed by atoms with Gasteiger partial charge in [-0.25, -0.2) is 0 Å². The van der Waals surface area contributed by atoms with Crippen LogP contribution in [0.2, 0.25) is 10.0 Å². The van der Waals surface area contributed by atoms with E-state index in [4.69, 9.17) is 23.2 Å². The number of benzene rings is 2. The third kappa shape index (κ3) is 3.35. The number of aryl methyl sites for hydroxylation is 2. The van der Waals surface area contributed by atoms with Crippen LogP contribution < -0.4 is 5.32 Å². The molecule has 106 valence electrons. The summed E-state index contributed by atoms with van der Waals surface area (Å²) in [6.07, 6.45) is 0.821. The largest absolute Gasteiger partial charge is 0.313 e. The second kappa shape index (κ2) is 6.62. The van der Waals surface area contributed by atoms with Crippen molar-refractivity contribution in [1.82, 2.24) is 5.32 Å². The van der Waals surface area contributed by atoms with Gasteiger partial charge in [0.2, 0.25) is 0 Å². The average molecular weight is 308 g/mol. The number of rotatable bonds is 4. The fraction of sp³-hybridized carbons (Fsp3) is 0.294. The first-order chi connectivity index (χ1) is 9.52. The maximum Gasteiger partial charge on any atom is 0.0439 e. The maximum atomic E-state index is 6.28. The summed E-state index contributed by atoms with van der Waals surface area (Å²) >= 11 is 12.4. The summed E-state index contributed by atoms with van der Waals surface area (Å²) in [5.74, 6) is 0. The quantitative estimate of drug-likeness (QED) is 0.827. The van der Waals surface area contributed by atoms with Gasteiger partial charge in [-0.3, -0.25) is 0 Å². The Balaban J connectivity index is 2.36. The molecule has 2 aromatic carbocycles. The smallest absolute Gasteiger partial charge is 0.0439 e. The molecule has 0 saturated heterocycles. The van der Waals surface area contributed by atoms with E-state index in [0.29, 0.717) is 0 Å². The molecule has 1 unspecified atom stereocenters. The van der Waals surface area contributed by atoms with E-state index >= 15 is 0 Å². The second-order valence-corrected chi connectivity index (χ2v) is 5.93. The van der Waals surface area contributed by atoms with Crippen molar-refractivity contribution < 1.29 is 0 Å². The van der Waals surface area contributed by atoms with Crippen molar-refractivity contribution in [2.45, 2.75) is 26.3 Å². The zero-order valence-electron chi connectivity index (χ0n) is 12.0. The summed E-state index contributed by atoms with van der Waals surface area (Å²) in [5.41, 5.74) is 5.00. The fourth-order valence-corrected chi connectivity index (χ4v) is 3.03. The van der Waals surface area contributed by atoms with Crippen molar-refractivity contribution in [1.29, 1.82) is 0 Å². The predicted octanol–water partition coefficient (Wildman–Crippen LogP) is 5.11. The Morgan fingerprint density at radius 1 is 1.05 bits per heavy atom. The molecule has 0 aliphatic carbocycles.